The molecule has 1 atom stereocenters. The molecular weight excluding hydrogens is 236 g/mol. The van der Waals surface area contributed by atoms with Gasteiger partial charge in [0, 0.05) is 19.1 Å². The molecule has 1 aromatic heterocycles. The highest BCUT2D eigenvalue weighted by atomic mass is 35.5. The van der Waals surface area contributed by atoms with E-state index in [2.05, 4.69) is 34.0 Å². The van der Waals surface area contributed by atoms with Gasteiger partial charge in [-0.1, -0.05) is 11.6 Å². The van der Waals surface area contributed by atoms with E-state index in [0.717, 1.165) is 18.9 Å². The lowest BCUT2D eigenvalue weighted by Crippen LogP contribution is -2.29. The highest BCUT2D eigenvalue weighted by molar-refractivity contribution is 6.32. The molecule has 4 nitrogen and oxygen atoms in total. The van der Waals surface area contributed by atoms with E-state index in [0.29, 0.717) is 17.0 Å². The maximum atomic E-state index is 5.99. The van der Waals surface area contributed by atoms with Crippen LogP contribution < -0.4 is 5.32 Å². The largest absolute Gasteiger partial charge is 0.368 e. The van der Waals surface area contributed by atoms with Crippen LogP contribution in [0, 0.1) is 5.92 Å². The van der Waals surface area contributed by atoms with Crippen LogP contribution in [0.4, 0.5) is 5.82 Å². The van der Waals surface area contributed by atoms with Gasteiger partial charge in [-0.05, 0) is 32.7 Å². The quantitative estimate of drug-likeness (QED) is 0.895. The van der Waals surface area contributed by atoms with E-state index in [4.69, 9.17) is 11.6 Å². The summed E-state index contributed by atoms with van der Waals surface area (Å²) < 4.78 is 0. The van der Waals surface area contributed by atoms with Crippen molar-refractivity contribution in [1.29, 1.82) is 0 Å². The molecule has 0 amide bonds. The van der Waals surface area contributed by atoms with Crippen molar-refractivity contribution >= 4 is 17.4 Å². The topological polar surface area (TPSA) is 41.0 Å². The number of hydrogen-bond donors (Lipinski definition) is 1. The van der Waals surface area contributed by atoms with Crippen molar-refractivity contribution < 1.29 is 0 Å². The minimum absolute atomic E-state index is 0.589. The van der Waals surface area contributed by atoms with Crippen LogP contribution in [0.25, 0.3) is 0 Å². The van der Waals surface area contributed by atoms with Crippen molar-refractivity contribution in [2.75, 3.05) is 25.0 Å². The molecule has 0 aromatic carbocycles. The number of likely N-dealkylation sites (tertiary alicyclic amines) is 1. The lowest BCUT2D eigenvalue weighted by Gasteiger charge is -2.20. The molecule has 1 aliphatic rings. The Kier molecular flexibility index (Phi) is 4.18. The fourth-order valence-electron chi connectivity index (χ4n) is 2.18. The Morgan fingerprint density at radius 2 is 2.41 bits per heavy atom. The Bertz CT molecular complexity index is 369. The standard InChI is InChI=1S/C12H19ClN4/c1-9(2)17-4-3-10(7-17)5-15-12-11(13)6-14-8-16-12/h6,8-10H,3-5,7H2,1-2H3,(H,14,15,16). The summed E-state index contributed by atoms with van der Waals surface area (Å²) in [5, 5.41) is 3.89. The first-order chi connectivity index (χ1) is 8.16. The third kappa shape index (κ3) is 3.30. The molecule has 1 aliphatic heterocycles. The summed E-state index contributed by atoms with van der Waals surface area (Å²) in [5.74, 6) is 1.42. The van der Waals surface area contributed by atoms with E-state index in [9.17, 15) is 0 Å². The van der Waals surface area contributed by atoms with Crippen molar-refractivity contribution in [3.63, 3.8) is 0 Å². The first-order valence-corrected chi connectivity index (χ1v) is 6.48. The van der Waals surface area contributed by atoms with Gasteiger partial charge in [0.05, 0.1) is 6.20 Å². The second kappa shape index (κ2) is 5.65. The molecule has 0 radical (unpaired) electrons. The minimum Gasteiger partial charge on any atom is -0.368 e. The van der Waals surface area contributed by atoms with Crippen molar-refractivity contribution in [3.05, 3.63) is 17.5 Å². The molecule has 94 valence electrons. The Morgan fingerprint density at radius 1 is 1.59 bits per heavy atom. The molecule has 1 saturated heterocycles. The Balaban J connectivity index is 1.82. The van der Waals surface area contributed by atoms with Gasteiger partial charge in [0.15, 0.2) is 0 Å². The molecule has 5 heteroatoms. The van der Waals surface area contributed by atoms with E-state index in [1.165, 1.54) is 19.3 Å². The van der Waals surface area contributed by atoms with Crippen LogP contribution in [0.3, 0.4) is 0 Å². The summed E-state index contributed by atoms with van der Waals surface area (Å²) in [4.78, 5) is 10.5. The summed E-state index contributed by atoms with van der Waals surface area (Å²) >= 11 is 5.99. The molecule has 2 rings (SSSR count). The SMILES string of the molecule is CC(C)N1CCC(CNc2ncncc2Cl)C1. The van der Waals surface area contributed by atoms with Gasteiger partial charge in [0.1, 0.15) is 17.2 Å². The normalized spacial score (nSPS) is 21.1. The van der Waals surface area contributed by atoms with Crippen LogP contribution in [0.1, 0.15) is 20.3 Å². The van der Waals surface area contributed by atoms with Gasteiger partial charge in [0.25, 0.3) is 0 Å². The summed E-state index contributed by atoms with van der Waals surface area (Å²) in [6, 6.07) is 0.641. The van der Waals surface area contributed by atoms with Crippen LogP contribution >= 0.6 is 11.6 Å². The number of rotatable bonds is 4. The van der Waals surface area contributed by atoms with Crippen LogP contribution in [-0.2, 0) is 0 Å². The second-order valence-electron chi connectivity index (χ2n) is 4.84. The van der Waals surface area contributed by atoms with Gasteiger partial charge >= 0.3 is 0 Å². The molecule has 1 unspecified atom stereocenters. The zero-order valence-corrected chi connectivity index (χ0v) is 11.1. The highest BCUT2D eigenvalue weighted by Gasteiger charge is 2.23. The first kappa shape index (κ1) is 12.6. The van der Waals surface area contributed by atoms with Crippen LogP contribution in [0.15, 0.2) is 12.5 Å². The summed E-state index contributed by atoms with van der Waals surface area (Å²) in [7, 11) is 0. The fourth-order valence-corrected chi connectivity index (χ4v) is 2.35. The van der Waals surface area contributed by atoms with Gasteiger partial charge in [-0.15, -0.1) is 0 Å². The van der Waals surface area contributed by atoms with Gasteiger partial charge in [0.2, 0.25) is 0 Å². The number of aromatic nitrogens is 2. The maximum absolute atomic E-state index is 5.99. The van der Waals surface area contributed by atoms with E-state index >= 15 is 0 Å². The molecule has 1 aromatic rings. The monoisotopic (exact) mass is 254 g/mol. The lowest BCUT2D eigenvalue weighted by molar-refractivity contribution is 0.266. The summed E-state index contributed by atoms with van der Waals surface area (Å²) in [5.41, 5.74) is 0. The second-order valence-corrected chi connectivity index (χ2v) is 5.25. The number of anilines is 1. The summed E-state index contributed by atoms with van der Waals surface area (Å²) in [6.45, 7) is 7.78. The van der Waals surface area contributed by atoms with Crippen molar-refractivity contribution in [2.45, 2.75) is 26.3 Å². The van der Waals surface area contributed by atoms with Crippen molar-refractivity contribution in [1.82, 2.24) is 14.9 Å². The molecule has 0 saturated carbocycles. The van der Waals surface area contributed by atoms with Crippen LogP contribution in [-0.4, -0.2) is 40.5 Å². The van der Waals surface area contributed by atoms with E-state index in [-0.39, 0.29) is 0 Å². The molecule has 1 fully saturated rings. The molecule has 2 heterocycles. The smallest absolute Gasteiger partial charge is 0.148 e. The van der Waals surface area contributed by atoms with E-state index in [1.807, 2.05) is 0 Å². The number of nitrogens with one attached hydrogen (secondary N) is 1. The average Bonchev–Trinajstić information content (AvgIpc) is 2.77. The fraction of sp³-hybridized carbons (Fsp3) is 0.667. The predicted octanol–water partition coefficient (Wildman–Crippen LogP) is 2.27. The number of nitrogens with zero attached hydrogens (tertiary/aromatic N) is 3. The number of halogens is 1. The van der Waals surface area contributed by atoms with Gasteiger partial charge in [-0.3, -0.25) is 0 Å². The molecule has 0 aliphatic carbocycles. The number of hydrogen-bond acceptors (Lipinski definition) is 4. The van der Waals surface area contributed by atoms with Gasteiger partial charge in [-0.2, -0.15) is 0 Å². The van der Waals surface area contributed by atoms with E-state index in [1.54, 1.807) is 6.20 Å². The van der Waals surface area contributed by atoms with Crippen molar-refractivity contribution in [2.24, 2.45) is 5.92 Å². The average molecular weight is 255 g/mol. The molecule has 0 bridgehead atoms. The summed E-state index contributed by atoms with van der Waals surface area (Å²) in [6.07, 6.45) is 4.38. The third-order valence-corrected chi connectivity index (χ3v) is 3.55. The van der Waals surface area contributed by atoms with E-state index < -0.39 is 0 Å². The minimum atomic E-state index is 0.589. The zero-order chi connectivity index (χ0) is 12.3. The van der Waals surface area contributed by atoms with Crippen LogP contribution in [0.5, 0.6) is 0 Å². The Hall–Kier alpha value is -0.870. The molecular formula is C12H19ClN4. The zero-order valence-electron chi connectivity index (χ0n) is 10.4. The van der Waals surface area contributed by atoms with Crippen molar-refractivity contribution in [3.8, 4) is 0 Å². The first-order valence-electron chi connectivity index (χ1n) is 6.10. The Labute approximate surface area is 107 Å². The lowest BCUT2D eigenvalue weighted by atomic mass is 10.1. The van der Waals surface area contributed by atoms with Gasteiger partial charge < -0.3 is 10.2 Å². The van der Waals surface area contributed by atoms with Gasteiger partial charge in [-0.25, -0.2) is 9.97 Å². The molecule has 1 N–H and O–H groups in total. The maximum Gasteiger partial charge on any atom is 0.148 e. The molecule has 17 heavy (non-hydrogen) atoms. The Morgan fingerprint density at radius 3 is 3.06 bits per heavy atom. The predicted molar refractivity (Wildman–Crippen MR) is 70.3 cm³/mol. The molecule has 0 spiro atoms. The highest BCUT2D eigenvalue weighted by Crippen LogP contribution is 2.21. The third-order valence-electron chi connectivity index (χ3n) is 3.27. The van der Waals surface area contributed by atoms with Crippen LogP contribution in [0.2, 0.25) is 5.02 Å².